The maximum absolute atomic E-state index is 6.80. The van der Waals surface area contributed by atoms with E-state index in [1.165, 1.54) is 0 Å². The Morgan fingerprint density at radius 1 is 0.469 bits per heavy atom. The Balaban J connectivity index is 1.83. The number of aryl methyl sites for hydroxylation is 3. The van der Waals surface area contributed by atoms with Gasteiger partial charge in [0.05, 0.1) is 0 Å². The third kappa shape index (κ3) is 5.42. The van der Waals surface area contributed by atoms with Gasteiger partial charge in [-0.2, -0.15) is 0 Å². The summed E-state index contributed by atoms with van der Waals surface area (Å²) in [5.74, 6) is 2.39. The van der Waals surface area contributed by atoms with Crippen LogP contribution in [-0.4, -0.2) is 0 Å². The van der Waals surface area contributed by atoms with Gasteiger partial charge in [0.1, 0.15) is 0 Å². The molecule has 0 aliphatic heterocycles. The predicted octanol–water partition coefficient (Wildman–Crippen LogP) is 7.25. The molecule has 162 valence electrons. The number of hydrogen-bond donors (Lipinski definition) is 0. The van der Waals surface area contributed by atoms with Gasteiger partial charge in [-0.3, -0.25) is 0 Å². The van der Waals surface area contributed by atoms with E-state index in [0.717, 1.165) is 39.5 Å². The van der Waals surface area contributed by atoms with Crippen LogP contribution in [0.5, 0.6) is 17.2 Å². The Hall–Kier alpha value is -3.01. The summed E-state index contributed by atoms with van der Waals surface area (Å²) in [4.78, 5) is 0. The zero-order chi connectivity index (χ0) is 22.4. The standard InChI is InChI=1S/3C7H8O.C7H7.Ti/c3*1-6-4-2-3-5-7(6)8;1-7-5-3-2-4-6-7;/h3*2-5,8H,1H3;2-6H,1H2;/q;;;;+3/p-3. The molecule has 4 aromatic rings. The van der Waals surface area contributed by atoms with Crippen molar-refractivity contribution in [2.75, 3.05) is 0 Å². The number of para-hydroxylation sites is 3. The van der Waals surface area contributed by atoms with Crippen LogP contribution in [0.1, 0.15) is 22.3 Å². The molecular formula is C28H28O3Ti. The van der Waals surface area contributed by atoms with Crippen molar-refractivity contribution < 1.29 is 27.7 Å². The molecule has 0 spiro atoms. The van der Waals surface area contributed by atoms with E-state index in [1.807, 2.05) is 112 Å². The van der Waals surface area contributed by atoms with Crippen molar-refractivity contribution >= 4 is 0 Å². The molecule has 4 rings (SSSR count). The van der Waals surface area contributed by atoms with Gasteiger partial charge >= 0.3 is 196 Å². The van der Waals surface area contributed by atoms with Crippen molar-refractivity contribution in [1.82, 2.24) is 0 Å². The van der Waals surface area contributed by atoms with Crippen LogP contribution in [0.25, 0.3) is 0 Å². The van der Waals surface area contributed by atoms with E-state index in [4.69, 9.17) is 9.96 Å². The van der Waals surface area contributed by atoms with Crippen molar-refractivity contribution in [3.63, 3.8) is 0 Å². The molecule has 32 heavy (non-hydrogen) atoms. The summed E-state index contributed by atoms with van der Waals surface area (Å²) in [6, 6.07) is 34.4. The van der Waals surface area contributed by atoms with Crippen LogP contribution >= 0.6 is 0 Å². The van der Waals surface area contributed by atoms with Gasteiger partial charge in [-0.1, -0.05) is 0 Å². The van der Waals surface area contributed by atoms with Gasteiger partial charge in [0.2, 0.25) is 0 Å². The van der Waals surface area contributed by atoms with Crippen molar-refractivity contribution in [3.05, 3.63) is 125 Å². The average Bonchev–Trinajstić information content (AvgIpc) is 2.79. The molecule has 0 bridgehead atoms. The molecule has 0 amide bonds. The fourth-order valence-electron chi connectivity index (χ4n) is 3.53. The van der Waals surface area contributed by atoms with E-state index >= 15 is 0 Å². The summed E-state index contributed by atoms with van der Waals surface area (Å²) in [5.41, 5.74) is 4.29. The van der Waals surface area contributed by atoms with Crippen molar-refractivity contribution in [2.24, 2.45) is 0 Å². The van der Waals surface area contributed by atoms with Crippen LogP contribution in [0.3, 0.4) is 0 Å². The molecule has 0 saturated carbocycles. The van der Waals surface area contributed by atoms with E-state index in [1.54, 1.807) is 0 Å². The Bertz CT molecular complexity index is 1060. The molecule has 0 aliphatic carbocycles. The van der Waals surface area contributed by atoms with Gasteiger partial charge in [0, 0.05) is 0 Å². The molecule has 0 radical (unpaired) electrons. The van der Waals surface area contributed by atoms with Gasteiger partial charge in [-0.25, -0.2) is 0 Å². The fraction of sp³-hybridized carbons (Fsp3) is 0.143. The molecule has 0 aliphatic rings. The van der Waals surface area contributed by atoms with Crippen molar-refractivity contribution in [3.8, 4) is 17.2 Å². The first-order valence-electron chi connectivity index (χ1n) is 10.8. The second kappa shape index (κ2) is 10.1. The summed E-state index contributed by atoms with van der Waals surface area (Å²) in [5, 5.41) is 0. The second-order valence-corrected chi connectivity index (χ2v) is 11.6. The summed E-state index contributed by atoms with van der Waals surface area (Å²) in [6.07, 6.45) is 0. The molecule has 0 N–H and O–H groups in total. The predicted molar refractivity (Wildman–Crippen MR) is 126 cm³/mol. The van der Waals surface area contributed by atoms with Gasteiger partial charge in [0.25, 0.3) is 0 Å². The van der Waals surface area contributed by atoms with Crippen LogP contribution in [0.2, 0.25) is 0 Å². The second-order valence-electron chi connectivity index (χ2n) is 7.95. The number of rotatable bonds is 8. The first-order chi connectivity index (χ1) is 15.5. The monoisotopic (exact) mass is 460 g/mol. The van der Waals surface area contributed by atoms with Crippen LogP contribution in [0.15, 0.2) is 103 Å². The summed E-state index contributed by atoms with van der Waals surface area (Å²) in [7, 11) is 0. The van der Waals surface area contributed by atoms with Gasteiger partial charge in [-0.15, -0.1) is 0 Å². The number of benzene rings is 4. The maximum atomic E-state index is 6.80. The topological polar surface area (TPSA) is 27.7 Å². The molecule has 0 fully saturated rings. The van der Waals surface area contributed by atoms with E-state index < -0.39 is 17.8 Å². The summed E-state index contributed by atoms with van der Waals surface area (Å²) >= 11 is -4.03. The minimum atomic E-state index is -4.03. The van der Waals surface area contributed by atoms with Gasteiger partial charge in [-0.05, 0) is 0 Å². The zero-order valence-corrected chi connectivity index (χ0v) is 20.3. The van der Waals surface area contributed by atoms with E-state index in [0.29, 0.717) is 4.73 Å². The van der Waals surface area contributed by atoms with Crippen LogP contribution in [-0.2, 0) is 22.5 Å². The first-order valence-corrected chi connectivity index (χ1v) is 13.8. The Labute approximate surface area is 195 Å². The van der Waals surface area contributed by atoms with Crippen molar-refractivity contribution in [1.29, 1.82) is 0 Å². The van der Waals surface area contributed by atoms with Gasteiger partial charge in [0.15, 0.2) is 0 Å². The third-order valence-corrected chi connectivity index (χ3v) is 9.14. The molecule has 0 heterocycles. The SMILES string of the molecule is Cc1ccccc1[O][Ti]([CH2]c1ccccc1)([O]c1ccccc1C)[O]c1ccccc1C. The van der Waals surface area contributed by atoms with E-state index in [9.17, 15) is 0 Å². The Morgan fingerprint density at radius 3 is 1.19 bits per heavy atom. The molecule has 0 aromatic heterocycles. The molecular weight excluding hydrogens is 432 g/mol. The molecule has 0 atom stereocenters. The normalized spacial score (nSPS) is 11.1. The zero-order valence-electron chi connectivity index (χ0n) is 18.7. The van der Waals surface area contributed by atoms with Gasteiger partial charge < -0.3 is 0 Å². The van der Waals surface area contributed by atoms with Crippen LogP contribution < -0.4 is 9.96 Å². The third-order valence-electron chi connectivity index (χ3n) is 5.34. The van der Waals surface area contributed by atoms with E-state index in [2.05, 4.69) is 12.1 Å². The average molecular weight is 460 g/mol. The van der Waals surface area contributed by atoms with E-state index in [-0.39, 0.29) is 0 Å². The Kier molecular flexibility index (Phi) is 6.99. The fourth-order valence-corrected chi connectivity index (χ4v) is 7.86. The molecule has 0 saturated heterocycles. The molecule has 3 nitrogen and oxygen atoms in total. The van der Waals surface area contributed by atoms with Crippen molar-refractivity contribution in [2.45, 2.75) is 25.5 Å². The quantitative estimate of drug-likeness (QED) is 0.259. The molecule has 4 aromatic carbocycles. The number of hydrogen-bond acceptors (Lipinski definition) is 3. The minimum absolute atomic E-state index is 0.581. The Morgan fingerprint density at radius 2 is 0.812 bits per heavy atom. The van der Waals surface area contributed by atoms with Crippen LogP contribution in [0.4, 0.5) is 0 Å². The molecule has 4 heteroatoms. The van der Waals surface area contributed by atoms with Crippen LogP contribution in [0, 0.1) is 20.8 Å². The first kappa shape index (κ1) is 22.2. The molecule has 0 unspecified atom stereocenters. The summed E-state index contributed by atoms with van der Waals surface area (Å²) < 4.78 is 21.0. The summed E-state index contributed by atoms with van der Waals surface area (Å²) in [6.45, 7) is 6.14.